The van der Waals surface area contributed by atoms with E-state index in [1.807, 2.05) is 0 Å². The van der Waals surface area contributed by atoms with Crippen molar-refractivity contribution in [3.63, 3.8) is 0 Å². The number of carbonyl (C=O) groups excluding carboxylic acids is 4. The predicted molar refractivity (Wildman–Crippen MR) is 405 cm³/mol. The Hall–Kier alpha value is -1.94. The number of esters is 4. The number of phosphoric ester groups is 2. The Morgan fingerprint density at radius 2 is 0.465 bits per heavy atom. The van der Waals surface area contributed by atoms with Crippen LogP contribution in [0, 0.1) is 11.8 Å². The summed E-state index contributed by atoms with van der Waals surface area (Å²) in [6.45, 7) is 9.64. The van der Waals surface area contributed by atoms with Crippen molar-refractivity contribution in [2.24, 2.45) is 11.8 Å². The number of phosphoric acid groups is 2. The van der Waals surface area contributed by atoms with Crippen LogP contribution in [-0.4, -0.2) is 96.7 Å². The van der Waals surface area contributed by atoms with Crippen LogP contribution in [0.25, 0.3) is 0 Å². The number of hydrogen-bond acceptors (Lipinski definition) is 15. The lowest BCUT2D eigenvalue weighted by Crippen LogP contribution is -2.30. The van der Waals surface area contributed by atoms with Crippen molar-refractivity contribution in [2.75, 3.05) is 39.6 Å². The molecule has 0 rings (SSSR count). The number of rotatable bonds is 79. The molecule has 0 aromatic carbocycles. The van der Waals surface area contributed by atoms with Crippen LogP contribution in [0.15, 0.2) is 0 Å². The van der Waals surface area contributed by atoms with E-state index in [1.165, 1.54) is 238 Å². The number of hydrogen-bond donors (Lipinski definition) is 3. The summed E-state index contributed by atoms with van der Waals surface area (Å²) in [6.07, 6.45) is 60.9. The zero-order valence-electron chi connectivity index (χ0n) is 64.8. The molecule has 0 heterocycles. The average Bonchev–Trinajstić information content (AvgIpc) is 0.999. The summed E-state index contributed by atoms with van der Waals surface area (Å²) in [5.41, 5.74) is 0. The van der Waals surface area contributed by atoms with E-state index in [9.17, 15) is 43.2 Å². The molecule has 0 aromatic heterocycles. The van der Waals surface area contributed by atoms with Crippen LogP contribution in [0.1, 0.15) is 420 Å². The zero-order chi connectivity index (χ0) is 72.8. The second-order valence-corrected chi connectivity index (χ2v) is 32.7. The highest BCUT2D eigenvalue weighted by molar-refractivity contribution is 7.47. The third-order valence-corrected chi connectivity index (χ3v) is 20.6. The second kappa shape index (κ2) is 71.7. The van der Waals surface area contributed by atoms with Gasteiger partial charge in [0, 0.05) is 25.7 Å². The molecule has 2 unspecified atom stereocenters. The first kappa shape index (κ1) is 97.1. The van der Waals surface area contributed by atoms with E-state index in [2.05, 4.69) is 41.5 Å². The standard InChI is InChI=1S/C80H156O17P2/c1-7-9-11-13-15-17-19-21-22-23-24-25-28-33-40-46-52-58-64-79(84)96-75(68-91-78(83)63-57-51-45-39-32-29-26-27-30-36-42-48-54-60-72(3)4)70-94-98(86,87)92-66-74(81)67-93-99(88,89)95-71-76(69-90-77(82)62-56-50-44-38-31-20-18-16-14-12-10-8-2)97-80(85)65-59-53-47-41-35-34-37-43-49-55-61-73(5)6/h72-76,81H,7-71H2,1-6H3,(H,86,87)(H,88,89)/t74-,75-,76-/m1/s1. The summed E-state index contributed by atoms with van der Waals surface area (Å²) in [5, 5.41) is 10.6. The molecule has 0 saturated carbocycles. The van der Waals surface area contributed by atoms with Gasteiger partial charge in [0.15, 0.2) is 12.2 Å². The van der Waals surface area contributed by atoms with Gasteiger partial charge in [-0.15, -0.1) is 0 Å². The van der Waals surface area contributed by atoms with Gasteiger partial charge in [-0.05, 0) is 37.5 Å². The van der Waals surface area contributed by atoms with Crippen molar-refractivity contribution in [3.05, 3.63) is 0 Å². The van der Waals surface area contributed by atoms with Gasteiger partial charge < -0.3 is 33.8 Å². The van der Waals surface area contributed by atoms with E-state index in [1.54, 1.807) is 0 Å². The third-order valence-electron chi connectivity index (χ3n) is 18.7. The molecule has 0 bridgehead atoms. The first-order chi connectivity index (χ1) is 47.9. The second-order valence-electron chi connectivity index (χ2n) is 29.8. The Morgan fingerprint density at radius 1 is 0.273 bits per heavy atom. The minimum Gasteiger partial charge on any atom is -0.462 e. The number of carbonyl (C=O) groups is 4. The molecule has 588 valence electrons. The molecule has 0 fully saturated rings. The molecule has 0 aliphatic rings. The predicted octanol–water partition coefficient (Wildman–Crippen LogP) is 23.9. The molecule has 99 heavy (non-hydrogen) atoms. The molecule has 0 radical (unpaired) electrons. The molecule has 0 saturated heterocycles. The first-order valence-corrected chi connectivity index (χ1v) is 44.5. The quantitative estimate of drug-likeness (QED) is 0.0222. The number of ether oxygens (including phenoxy) is 4. The van der Waals surface area contributed by atoms with Crippen LogP contribution in [-0.2, 0) is 65.4 Å². The Morgan fingerprint density at radius 3 is 0.687 bits per heavy atom. The molecule has 5 atom stereocenters. The summed E-state index contributed by atoms with van der Waals surface area (Å²) in [4.78, 5) is 73.0. The van der Waals surface area contributed by atoms with Gasteiger partial charge >= 0.3 is 39.5 Å². The van der Waals surface area contributed by atoms with E-state index in [0.29, 0.717) is 25.7 Å². The lowest BCUT2D eigenvalue weighted by atomic mass is 10.0. The van der Waals surface area contributed by atoms with Gasteiger partial charge in [0.1, 0.15) is 19.3 Å². The van der Waals surface area contributed by atoms with Gasteiger partial charge in [-0.1, -0.05) is 369 Å². The summed E-state index contributed by atoms with van der Waals surface area (Å²) in [6, 6.07) is 0. The van der Waals surface area contributed by atoms with E-state index >= 15 is 0 Å². The highest BCUT2D eigenvalue weighted by Gasteiger charge is 2.30. The fraction of sp³-hybridized carbons (Fsp3) is 0.950. The summed E-state index contributed by atoms with van der Waals surface area (Å²) < 4.78 is 68.7. The van der Waals surface area contributed by atoms with Gasteiger partial charge in [-0.2, -0.15) is 0 Å². The lowest BCUT2D eigenvalue weighted by Gasteiger charge is -2.21. The molecular weight excluding hydrogens is 1290 g/mol. The monoisotopic (exact) mass is 1450 g/mol. The molecule has 0 spiro atoms. The van der Waals surface area contributed by atoms with E-state index in [-0.39, 0.29) is 25.7 Å². The summed E-state index contributed by atoms with van der Waals surface area (Å²) in [7, 11) is -9.92. The van der Waals surface area contributed by atoms with Crippen LogP contribution in [0.3, 0.4) is 0 Å². The van der Waals surface area contributed by atoms with Gasteiger partial charge in [0.05, 0.1) is 26.4 Å². The topological polar surface area (TPSA) is 237 Å². The molecular formula is C80H156O17P2. The number of unbranched alkanes of at least 4 members (excludes halogenated alkanes) is 49. The molecule has 17 nitrogen and oxygen atoms in total. The van der Waals surface area contributed by atoms with Crippen LogP contribution < -0.4 is 0 Å². The fourth-order valence-corrected chi connectivity index (χ4v) is 13.9. The molecule has 3 N–H and O–H groups in total. The Bertz CT molecular complexity index is 1910. The Balaban J connectivity index is 5.26. The van der Waals surface area contributed by atoms with Crippen LogP contribution >= 0.6 is 15.6 Å². The van der Waals surface area contributed by atoms with Crippen molar-refractivity contribution in [1.29, 1.82) is 0 Å². The largest absolute Gasteiger partial charge is 0.472 e. The maximum Gasteiger partial charge on any atom is 0.472 e. The van der Waals surface area contributed by atoms with Crippen LogP contribution in [0.2, 0.25) is 0 Å². The van der Waals surface area contributed by atoms with Gasteiger partial charge in [0.25, 0.3) is 0 Å². The first-order valence-electron chi connectivity index (χ1n) is 41.5. The van der Waals surface area contributed by atoms with E-state index in [0.717, 1.165) is 102 Å². The minimum atomic E-state index is -4.96. The van der Waals surface area contributed by atoms with E-state index in [4.69, 9.17) is 37.0 Å². The van der Waals surface area contributed by atoms with Gasteiger partial charge in [-0.25, -0.2) is 9.13 Å². The molecule has 0 aromatic rings. The normalized spacial score (nSPS) is 13.9. The van der Waals surface area contributed by atoms with Gasteiger partial charge in [-0.3, -0.25) is 37.3 Å². The SMILES string of the molecule is CCCCCCCCCCCCCCCCCCCCC(=O)O[C@H](COC(=O)CCCCCCCCCCCCCCCC(C)C)COP(=O)(O)OC[C@@H](O)COP(=O)(O)OC[C@@H](COC(=O)CCCCCCCCCCCCCC)OC(=O)CCCCCCCCCCCCC(C)C. The number of aliphatic hydroxyl groups excluding tert-OH is 1. The Kier molecular flexibility index (Phi) is 70.3. The Labute approximate surface area is 607 Å². The van der Waals surface area contributed by atoms with E-state index < -0.39 is 97.5 Å². The average molecular weight is 1450 g/mol. The summed E-state index contributed by atoms with van der Waals surface area (Å²) in [5.74, 6) is -0.565. The third kappa shape index (κ3) is 74.1. The molecule has 19 heteroatoms. The fourth-order valence-electron chi connectivity index (χ4n) is 12.4. The number of aliphatic hydroxyl groups is 1. The van der Waals surface area contributed by atoms with Crippen molar-refractivity contribution in [3.8, 4) is 0 Å². The van der Waals surface area contributed by atoms with Crippen molar-refractivity contribution < 1.29 is 80.2 Å². The van der Waals surface area contributed by atoms with Gasteiger partial charge in [0.2, 0.25) is 0 Å². The summed E-state index contributed by atoms with van der Waals surface area (Å²) >= 11 is 0. The van der Waals surface area contributed by atoms with Crippen LogP contribution in [0.5, 0.6) is 0 Å². The highest BCUT2D eigenvalue weighted by Crippen LogP contribution is 2.45. The highest BCUT2D eigenvalue weighted by atomic mass is 31.2. The molecule has 0 aliphatic carbocycles. The van der Waals surface area contributed by atoms with Crippen molar-refractivity contribution in [2.45, 2.75) is 439 Å². The van der Waals surface area contributed by atoms with Crippen molar-refractivity contribution >= 4 is 39.5 Å². The lowest BCUT2D eigenvalue weighted by molar-refractivity contribution is -0.161. The molecule has 0 amide bonds. The van der Waals surface area contributed by atoms with Crippen LogP contribution in [0.4, 0.5) is 0 Å². The minimum absolute atomic E-state index is 0.106. The maximum absolute atomic E-state index is 13.1. The maximum atomic E-state index is 13.1. The van der Waals surface area contributed by atoms with Crippen molar-refractivity contribution in [1.82, 2.24) is 0 Å². The zero-order valence-corrected chi connectivity index (χ0v) is 66.6. The molecule has 0 aliphatic heterocycles. The smallest absolute Gasteiger partial charge is 0.462 e.